The SMILES string of the molecule is C[C@@H](CN1CCCCc2cccc(CO)c2C1)NC(=O)/C=N\O. The normalized spacial score (nSPS) is 17.3. The maximum absolute atomic E-state index is 11.4. The molecule has 0 saturated heterocycles. The van der Waals surface area contributed by atoms with Crippen molar-refractivity contribution < 1.29 is 15.1 Å². The van der Waals surface area contributed by atoms with Gasteiger partial charge in [0, 0.05) is 19.1 Å². The van der Waals surface area contributed by atoms with Crippen molar-refractivity contribution in [3.63, 3.8) is 0 Å². The summed E-state index contributed by atoms with van der Waals surface area (Å²) in [6.07, 6.45) is 4.15. The average Bonchev–Trinajstić information content (AvgIpc) is 2.49. The molecule has 1 heterocycles. The number of hydrogen-bond donors (Lipinski definition) is 3. The molecule has 3 N–H and O–H groups in total. The predicted molar refractivity (Wildman–Crippen MR) is 88.5 cm³/mol. The molecule has 0 fully saturated rings. The van der Waals surface area contributed by atoms with E-state index in [4.69, 9.17) is 5.21 Å². The van der Waals surface area contributed by atoms with Crippen LogP contribution in [0.5, 0.6) is 0 Å². The lowest BCUT2D eigenvalue weighted by atomic mass is 9.95. The third-order valence-electron chi connectivity index (χ3n) is 4.19. The second-order valence-electron chi connectivity index (χ2n) is 6.06. The fourth-order valence-corrected chi connectivity index (χ4v) is 3.15. The molecule has 1 aromatic rings. The zero-order valence-electron chi connectivity index (χ0n) is 13.5. The number of carbonyl (C=O) groups excluding carboxylic acids is 1. The summed E-state index contributed by atoms with van der Waals surface area (Å²) in [4.78, 5) is 13.7. The van der Waals surface area contributed by atoms with Crippen molar-refractivity contribution >= 4 is 12.1 Å². The highest BCUT2D eigenvalue weighted by Crippen LogP contribution is 2.22. The van der Waals surface area contributed by atoms with E-state index in [2.05, 4.69) is 21.4 Å². The Bertz CT molecular complexity index is 560. The van der Waals surface area contributed by atoms with Crippen molar-refractivity contribution in [2.24, 2.45) is 5.16 Å². The zero-order valence-corrected chi connectivity index (χ0v) is 13.5. The van der Waals surface area contributed by atoms with Gasteiger partial charge < -0.3 is 15.6 Å². The van der Waals surface area contributed by atoms with Gasteiger partial charge in [0.05, 0.1) is 6.61 Å². The first-order valence-electron chi connectivity index (χ1n) is 8.04. The Balaban J connectivity index is 2.06. The van der Waals surface area contributed by atoms with E-state index in [9.17, 15) is 9.90 Å². The molecule has 0 radical (unpaired) electrons. The highest BCUT2D eigenvalue weighted by atomic mass is 16.4. The van der Waals surface area contributed by atoms with E-state index in [-0.39, 0.29) is 12.6 Å². The van der Waals surface area contributed by atoms with Gasteiger partial charge in [-0.3, -0.25) is 9.69 Å². The number of benzene rings is 1. The summed E-state index contributed by atoms with van der Waals surface area (Å²) in [5.41, 5.74) is 3.51. The number of rotatable bonds is 5. The summed E-state index contributed by atoms with van der Waals surface area (Å²) in [7, 11) is 0. The van der Waals surface area contributed by atoms with Crippen molar-refractivity contribution in [3.8, 4) is 0 Å². The lowest BCUT2D eigenvalue weighted by molar-refractivity contribution is -0.115. The number of aryl methyl sites for hydroxylation is 1. The Morgan fingerprint density at radius 2 is 2.30 bits per heavy atom. The van der Waals surface area contributed by atoms with Crippen molar-refractivity contribution in [2.75, 3.05) is 13.1 Å². The first kappa shape index (κ1) is 17.4. The highest BCUT2D eigenvalue weighted by Gasteiger charge is 2.18. The number of hydrogen-bond acceptors (Lipinski definition) is 5. The minimum atomic E-state index is -0.400. The quantitative estimate of drug-likeness (QED) is 0.434. The van der Waals surface area contributed by atoms with E-state index in [1.165, 1.54) is 11.1 Å². The topological polar surface area (TPSA) is 85.2 Å². The third kappa shape index (κ3) is 5.04. The first-order chi connectivity index (χ1) is 11.1. The Hall–Kier alpha value is -1.92. The van der Waals surface area contributed by atoms with Gasteiger partial charge in [-0.05, 0) is 49.4 Å². The van der Waals surface area contributed by atoms with Crippen molar-refractivity contribution in [2.45, 2.75) is 45.4 Å². The molecule has 126 valence electrons. The molecule has 1 aromatic carbocycles. The van der Waals surface area contributed by atoms with E-state index in [1.807, 2.05) is 19.1 Å². The van der Waals surface area contributed by atoms with Gasteiger partial charge in [0.15, 0.2) is 0 Å². The van der Waals surface area contributed by atoms with Gasteiger partial charge in [-0.15, -0.1) is 0 Å². The van der Waals surface area contributed by atoms with Crippen molar-refractivity contribution in [3.05, 3.63) is 34.9 Å². The van der Waals surface area contributed by atoms with Crippen LogP contribution in [0.4, 0.5) is 0 Å². The smallest absolute Gasteiger partial charge is 0.266 e. The predicted octanol–water partition coefficient (Wildman–Crippen LogP) is 1.28. The van der Waals surface area contributed by atoms with Crippen LogP contribution in [0.25, 0.3) is 0 Å². The largest absolute Gasteiger partial charge is 0.411 e. The molecule has 0 saturated carbocycles. The second-order valence-corrected chi connectivity index (χ2v) is 6.06. The van der Waals surface area contributed by atoms with Crippen LogP contribution in [0, 0.1) is 0 Å². The van der Waals surface area contributed by atoms with Gasteiger partial charge in [0.25, 0.3) is 5.91 Å². The molecule has 1 atom stereocenters. The molecule has 6 heteroatoms. The number of amides is 1. The number of nitrogens with one attached hydrogen (secondary N) is 1. The van der Waals surface area contributed by atoms with Crippen LogP contribution in [0.3, 0.4) is 0 Å². The standard InChI is InChI=1S/C17H25N3O3/c1-13(19-17(22)9-18-23)10-20-8-3-2-5-14-6-4-7-15(12-21)16(14)11-20/h4,6-7,9,13,21,23H,2-3,5,8,10-12H2,1H3,(H,19,22)/b18-9-/t13-/m0/s1. The summed E-state index contributed by atoms with van der Waals surface area (Å²) in [5.74, 6) is -0.400. The molecule has 0 aliphatic carbocycles. The minimum absolute atomic E-state index is 0.0512. The Labute approximate surface area is 136 Å². The second kappa shape index (κ2) is 8.64. The van der Waals surface area contributed by atoms with E-state index in [1.54, 1.807) is 0 Å². The van der Waals surface area contributed by atoms with Crippen LogP contribution in [-0.4, -0.2) is 46.5 Å². The molecule has 2 rings (SSSR count). The minimum Gasteiger partial charge on any atom is -0.411 e. The highest BCUT2D eigenvalue weighted by molar-refractivity contribution is 6.26. The number of nitrogens with zero attached hydrogens (tertiary/aromatic N) is 2. The van der Waals surface area contributed by atoms with Gasteiger partial charge in [0.2, 0.25) is 0 Å². The third-order valence-corrected chi connectivity index (χ3v) is 4.19. The first-order valence-corrected chi connectivity index (χ1v) is 8.04. The van der Waals surface area contributed by atoms with E-state index in [0.717, 1.165) is 44.1 Å². The maximum Gasteiger partial charge on any atom is 0.266 e. The molecule has 23 heavy (non-hydrogen) atoms. The maximum atomic E-state index is 11.4. The Kier molecular flexibility index (Phi) is 6.55. The van der Waals surface area contributed by atoms with Crippen LogP contribution in [-0.2, 0) is 24.4 Å². The lowest BCUT2D eigenvalue weighted by Gasteiger charge is -2.29. The van der Waals surface area contributed by atoms with Crippen LogP contribution in [0.1, 0.15) is 36.5 Å². The van der Waals surface area contributed by atoms with Gasteiger partial charge in [-0.1, -0.05) is 23.4 Å². The summed E-state index contributed by atoms with van der Waals surface area (Å²) in [6.45, 7) is 4.44. The number of fused-ring (bicyclic) bond motifs is 1. The van der Waals surface area contributed by atoms with E-state index < -0.39 is 5.91 Å². The summed E-state index contributed by atoms with van der Waals surface area (Å²) < 4.78 is 0. The van der Waals surface area contributed by atoms with Crippen molar-refractivity contribution in [1.29, 1.82) is 0 Å². The Morgan fingerprint density at radius 1 is 1.48 bits per heavy atom. The molecule has 0 spiro atoms. The number of carbonyl (C=O) groups is 1. The molecule has 6 nitrogen and oxygen atoms in total. The van der Waals surface area contributed by atoms with Crippen molar-refractivity contribution in [1.82, 2.24) is 10.2 Å². The van der Waals surface area contributed by atoms with Gasteiger partial charge >= 0.3 is 0 Å². The zero-order chi connectivity index (χ0) is 16.7. The van der Waals surface area contributed by atoms with Crippen LogP contribution < -0.4 is 5.32 Å². The number of oxime groups is 1. The van der Waals surface area contributed by atoms with E-state index >= 15 is 0 Å². The van der Waals surface area contributed by atoms with Gasteiger partial charge in [0.1, 0.15) is 6.21 Å². The van der Waals surface area contributed by atoms with Crippen LogP contribution >= 0.6 is 0 Å². The van der Waals surface area contributed by atoms with Crippen LogP contribution in [0.2, 0.25) is 0 Å². The average molecular weight is 319 g/mol. The molecule has 0 aromatic heterocycles. The summed E-state index contributed by atoms with van der Waals surface area (Å²) in [5, 5.41) is 23.5. The molecule has 1 aliphatic heterocycles. The molecule has 0 bridgehead atoms. The van der Waals surface area contributed by atoms with Crippen LogP contribution in [0.15, 0.2) is 23.4 Å². The molecule has 1 aliphatic rings. The molecule has 0 unspecified atom stereocenters. The summed E-state index contributed by atoms with van der Waals surface area (Å²) >= 11 is 0. The van der Waals surface area contributed by atoms with Gasteiger partial charge in [-0.2, -0.15) is 0 Å². The fraction of sp³-hybridized carbons (Fsp3) is 0.529. The number of aliphatic hydroxyl groups is 1. The van der Waals surface area contributed by atoms with Gasteiger partial charge in [-0.25, -0.2) is 0 Å². The Morgan fingerprint density at radius 3 is 3.04 bits per heavy atom. The number of aliphatic hydroxyl groups excluding tert-OH is 1. The lowest BCUT2D eigenvalue weighted by Crippen LogP contribution is -2.43. The fourth-order valence-electron chi connectivity index (χ4n) is 3.15. The molecule has 1 amide bonds. The summed E-state index contributed by atoms with van der Waals surface area (Å²) in [6, 6.07) is 6.07. The molecular weight excluding hydrogens is 294 g/mol. The monoisotopic (exact) mass is 319 g/mol. The van der Waals surface area contributed by atoms with E-state index in [0.29, 0.717) is 6.54 Å². The molecular formula is C17H25N3O3.